The highest BCUT2D eigenvalue weighted by molar-refractivity contribution is 9.10. The van der Waals surface area contributed by atoms with E-state index in [0.29, 0.717) is 18.1 Å². The molecule has 3 heteroatoms. The molecule has 3 atom stereocenters. The molecule has 0 aliphatic carbocycles. The summed E-state index contributed by atoms with van der Waals surface area (Å²) < 4.78 is 1.15. The Morgan fingerprint density at radius 3 is 2.53 bits per heavy atom. The molecule has 1 fully saturated rings. The summed E-state index contributed by atoms with van der Waals surface area (Å²) in [5, 5.41) is 3.67. The van der Waals surface area contributed by atoms with Crippen molar-refractivity contribution in [2.75, 3.05) is 13.1 Å². The van der Waals surface area contributed by atoms with Crippen LogP contribution in [0.1, 0.15) is 45.2 Å². The quantitative estimate of drug-likeness (QED) is 0.901. The fourth-order valence-electron chi connectivity index (χ4n) is 2.95. The number of hydrogen-bond donors (Lipinski definition) is 1. The second-order valence-corrected chi connectivity index (χ2v) is 6.42. The predicted octanol–water partition coefficient (Wildman–Crippen LogP) is 3.97. The van der Waals surface area contributed by atoms with Crippen LogP contribution in [0, 0.1) is 0 Å². The molecular weight excluding hydrogens is 300 g/mol. The van der Waals surface area contributed by atoms with Crippen molar-refractivity contribution in [2.45, 2.75) is 51.7 Å². The van der Waals surface area contributed by atoms with Gasteiger partial charge in [-0.1, -0.05) is 41.9 Å². The van der Waals surface area contributed by atoms with Crippen molar-refractivity contribution in [1.82, 2.24) is 10.2 Å². The highest BCUT2D eigenvalue weighted by Crippen LogP contribution is 2.27. The summed E-state index contributed by atoms with van der Waals surface area (Å²) >= 11 is 3.51. The lowest BCUT2D eigenvalue weighted by Gasteiger charge is -2.43. The van der Waals surface area contributed by atoms with E-state index in [0.717, 1.165) is 17.6 Å². The zero-order chi connectivity index (χ0) is 13.8. The molecule has 3 unspecified atom stereocenters. The fraction of sp³-hybridized carbons (Fsp3) is 0.625. The number of benzene rings is 1. The molecule has 106 valence electrons. The molecule has 2 rings (SSSR count). The smallest absolute Gasteiger partial charge is 0.0324 e. The van der Waals surface area contributed by atoms with Gasteiger partial charge in [0.1, 0.15) is 0 Å². The van der Waals surface area contributed by atoms with Crippen LogP contribution in [0.4, 0.5) is 0 Å². The molecule has 1 aliphatic heterocycles. The molecule has 0 spiro atoms. The van der Waals surface area contributed by atoms with Crippen molar-refractivity contribution in [3.8, 4) is 0 Å². The molecule has 0 bridgehead atoms. The lowest BCUT2D eigenvalue weighted by atomic mass is 9.99. The Morgan fingerprint density at radius 1 is 1.26 bits per heavy atom. The molecule has 1 N–H and O–H groups in total. The number of hydrogen-bond acceptors (Lipinski definition) is 2. The van der Waals surface area contributed by atoms with Gasteiger partial charge < -0.3 is 5.32 Å². The van der Waals surface area contributed by atoms with Crippen LogP contribution >= 0.6 is 15.9 Å². The van der Waals surface area contributed by atoms with Crippen molar-refractivity contribution in [1.29, 1.82) is 0 Å². The molecule has 1 aromatic rings. The van der Waals surface area contributed by atoms with Gasteiger partial charge in [0.05, 0.1) is 0 Å². The highest BCUT2D eigenvalue weighted by Gasteiger charge is 2.29. The van der Waals surface area contributed by atoms with E-state index in [1.165, 1.54) is 18.4 Å². The van der Waals surface area contributed by atoms with E-state index in [4.69, 9.17) is 0 Å². The largest absolute Gasteiger partial charge is 0.311 e. The monoisotopic (exact) mass is 324 g/mol. The molecule has 1 saturated heterocycles. The van der Waals surface area contributed by atoms with Gasteiger partial charge in [-0.15, -0.1) is 0 Å². The zero-order valence-electron chi connectivity index (χ0n) is 12.2. The van der Waals surface area contributed by atoms with Crippen molar-refractivity contribution in [2.24, 2.45) is 0 Å². The van der Waals surface area contributed by atoms with Crippen molar-refractivity contribution < 1.29 is 0 Å². The van der Waals surface area contributed by atoms with Gasteiger partial charge in [-0.05, 0) is 37.5 Å². The molecule has 0 saturated carbocycles. The normalized spacial score (nSPS) is 26.3. The van der Waals surface area contributed by atoms with Gasteiger partial charge in [-0.25, -0.2) is 0 Å². The van der Waals surface area contributed by atoms with E-state index in [1.807, 2.05) is 0 Å². The first-order chi connectivity index (χ1) is 9.15. The van der Waals surface area contributed by atoms with Crippen LogP contribution in [0.3, 0.4) is 0 Å². The van der Waals surface area contributed by atoms with Crippen LogP contribution in [0.25, 0.3) is 0 Å². The summed E-state index contributed by atoms with van der Waals surface area (Å²) in [6.07, 6.45) is 2.42. The molecule has 19 heavy (non-hydrogen) atoms. The molecule has 1 aliphatic rings. The summed E-state index contributed by atoms with van der Waals surface area (Å²) in [7, 11) is 0. The second kappa shape index (κ2) is 6.87. The maximum absolute atomic E-state index is 3.67. The van der Waals surface area contributed by atoms with E-state index >= 15 is 0 Å². The van der Waals surface area contributed by atoms with E-state index in [9.17, 15) is 0 Å². The van der Waals surface area contributed by atoms with E-state index < -0.39 is 0 Å². The summed E-state index contributed by atoms with van der Waals surface area (Å²) in [5.74, 6) is 0. The van der Waals surface area contributed by atoms with E-state index in [1.54, 1.807) is 0 Å². The van der Waals surface area contributed by atoms with Crippen LogP contribution in [-0.4, -0.2) is 30.1 Å². The first-order valence-electron chi connectivity index (χ1n) is 7.40. The van der Waals surface area contributed by atoms with Gasteiger partial charge in [-0.3, -0.25) is 4.90 Å². The number of halogens is 1. The summed E-state index contributed by atoms with van der Waals surface area (Å²) in [6, 6.07) is 10.6. The average Bonchev–Trinajstić information content (AvgIpc) is 2.46. The first kappa shape index (κ1) is 15.0. The topological polar surface area (TPSA) is 15.3 Å². The SMILES string of the molecule is CCC1CN(C(C)c2ccc(Br)cc2)C(CC)CN1. The Morgan fingerprint density at radius 2 is 1.95 bits per heavy atom. The third-order valence-corrected chi connectivity index (χ3v) is 4.88. The van der Waals surface area contributed by atoms with Gasteiger partial charge in [-0.2, -0.15) is 0 Å². The molecule has 1 heterocycles. The molecule has 0 amide bonds. The van der Waals surface area contributed by atoms with E-state index in [-0.39, 0.29) is 0 Å². The second-order valence-electron chi connectivity index (χ2n) is 5.50. The van der Waals surface area contributed by atoms with Gasteiger partial charge in [0.25, 0.3) is 0 Å². The number of rotatable bonds is 4. The third kappa shape index (κ3) is 3.59. The summed E-state index contributed by atoms with van der Waals surface area (Å²) in [5.41, 5.74) is 1.42. The summed E-state index contributed by atoms with van der Waals surface area (Å²) in [4.78, 5) is 2.67. The van der Waals surface area contributed by atoms with Crippen molar-refractivity contribution in [3.63, 3.8) is 0 Å². The Balaban J connectivity index is 2.14. The van der Waals surface area contributed by atoms with Crippen molar-refractivity contribution in [3.05, 3.63) is 34.3 Å². The Bertz CT molecular complexity index is 390. The average molecular weight is 325 g/mol. The Kier molecular flexibility index (Phi) is 5.43. The first-order valence-corrected chi connectivity index (χ1v) is 8.19. The molecule has 0 aromatic heterocycles. The Labute approximate surface area is 125 Å². The molecule has 2 nitrogen and oxygen atoms in total. The minimum Gasteiger partial charge on any atom is -0.311 e. The summed E-state index contributed by atoms with van der Waals surface area (Å²) in [6.45, 7) is 9.18. The number of nitrogens with one attached hydrogen (secondary N) is 1. The Hall–Kier alpha value is -0.380. The minimum atomic E-state index is 0.495. The lowest BCUT2D eigenvalue weighted by Crippen LogP contribution is -2.56. The molecule has 1 aromatic carbocycles. The standard InChI is InChI=1S/C16H25BrN2/c1-4-15-11-19(16(5-2)10-18-15)12(3)13-6-8-14(17)9-7-13/h6-9,12,15-16,18H,4-5,10-11H2,1-3H3. The van der Waals surface area contributed by atoms with E-state index in [2.05, 4.69) is 71.2 Å². The number of piperazine rings is 1. The molecule has 0 radical (unpaired) electrons. The van der Waals surface area contributed by atoms with Gasteiger partial charge in [0, 0.05) is 35.7 Å². The van der Waals surface area contributed by atoms with Crippen LogP contribution in [0.15, 0.2) is 28.7 Å². The van der Waals surface area contributed by atoms with Gasteiger partial charge in [0.15, 0.2) is 0 Å². The van der Waals surface area contributed by atoms with Crippen LogP contribution < -0.4 is 5.32 Å². The van der Waals surface area contributed by atoms with Gasteiger partial charge in [0.2, 0.25) is 0 Å². The fourth-order valence-corrected chi connectivity index (χ4v) is 3.21. The maximum Gasteiger partial charge on any atom is 0.0324 e. The van der Waals surface area contributed by atoms with Crippen LogP contribution in [-0.2, 0) is 0 Å². The minimum absolute atomic E-state index is 0.495. The zero-order valence-corrected chi connectivity index (χ0v) is 13.8. The molecular formula is C16H25BrN2. The third-order valence-electron chi connectivity index (χ3n) is 4.36. The van der Waals surface area contributed by atoms with Crippen LogP contribution in [0.5, 0.6) is 0 Å². The lowest BCUT2D eigenvalue weighted by molar-refractivity contribution is 0.0850. The van der Waals surface area contributed by atoms with Gasteiger partial charge >= 0.3 is 0 Å². The maximum atomic E-state index is 3.67. The van der Waals surface area contributed by atoms with Crippen LogP contribution in [0.2, 0.25) is 0 Å². The predicted molar refractivity (Wildman–Crippen MR) is 85.4 cm³/mol. The van der Waals surface area contributed by atoms with Crippen molar-refractivity contribution >= 4 is 15.9 Å². The number of nitrogens with zero attached hydrogens (tertiary/aromatic N) is 1. The highest BCUT2D eigenvalue weighted by atomic mass is 79.9.